The van der Waals surface area contributed by atoms with E-state index in [2.05, 4.69) is 24.8 Å². The molecule has 1 N–H and O–H groups in total. The molecule has 0 aromatic carbocycles. The highest BCUT2D eigenvalue weighted by molar-refractivity contribution is 5.86. The Kier molecular flexibility index (Phi) is 4.83. The lowest BCUT2D eigenvalue weighted by Gasteiger charge is -2.11. The smallest absolute Gasteiger partial charge is 0.154 e. The van der Waals surface area contributed by atoms with Crippen LogP contribution < -0.4 is 5.32 Å². The first kappa shape index (κ1) is 15.4. The van der Waals surface area contributed by atoms with Gasteiger partial charge in [-0.05, 0) is 31.5 Å². The van der Waals surface area contributed by atoms with Gasteiger partial charge in [-0.25, -0.2) is 9.97 Å². The molecule has 3 rings (SSSR count). The minimum atomic E-state index is 0.698. The molecule has 0 fully saturated rings. The van der Waals surface area contributed by atoms with E-state index in [4.69, 9.17) is 4.74 Å². The SMILES string of the molecule is COCCCNc1nc(C)nc2ccn(Cc3ccccn3)c12. The Labute approximate surface area is 135 Å². The summed E-state index contributed by atoms with van der Waals surface area (Å²) in [6.45, 7) is 4.16. The molecule has 0 amide bonds. The summed E-state index contributed by atoms with van der Waals surface area (Å²) in [5.41, 5.74) is 2.97. The van der Waals surface area contributed by atoms with Gasteiger partial charge in [0, 0.05) is 32.7 Å². The van der Waals surface area contributed by atoms with Crippen LogP contribution in [-0.2, 0) is 11.3 Å². The molecule has 3 aromatic rings. The molecule has 0 atom stereocenters. The average Bonchev–Trinajstić information content (AvgIpc) is 2.95. The first-order chi connectivity index (χ1) is 11.3. The van der Waals surface area contributed by atoms with Crippen LogP contribution in [0.25, 0.3) is 11.0 Å². The molecule has 3 heterocycles. The van der Waals surface area contributed by atoms with E-state index in [0.717, 1.165) is 47.9 Å². The van der Waals surface area contributed by atoms with Crippen LogP contribution in [0.3, 0.4) is 0 Å². The number of ether oxygens (including phenoxy) is 1. The Morgan fingerprint density at radius 2 is 2.13 bits per heavy atom. The van der Waals surface area contributed by atoms with E-state index >= 15 is 0 Å². The van der Waals surface area contributed by atoms with Crippen molar-refractivity contribution in [1.82, 2.24) is 19.5 Å². The van der Waals surface area contributed by atoms with Gasteiger partial charge in [0.15, 0.2) is 5.82 Å². The third-order valence-electron chi connectivity index (χ3n) is 3.60. The van der Waals surface area contributed by atoms with Crippen molar-refractivity contribution in [3.8, 4) is 0 Å². The van der Waals surface area contributed by atoms with Crippen LogP contribution in [-0.4, -0.2) is 39.8 Å². The maximum atomic E-state index is 5.09. The van der Waals surface area contributed by atoms with Crippen molar-refractivity contribution >= 4 is 16.9 Å². The summed E-state index contributed by atoms with van der Waals surface area (Å²) < 4.78 is 7.23. The van der Waals surface area contributed by atoms with Crippen LogP contribution in [0.4, 0.5) is 5.82 Å². The van der Waals surface area contributed by atoms with E-state index in [1.165, 1.54) is 0 Å². The quantitative estimate of drug-likeness (QED) is 0.680. The van der Waals surface area contributed by atoms with Crippen molar-refractivity contribution < 1.29 is 4.74 Å². The second kappa shape index (κ2) is 7.19. The molecule has 0 saturated carbocycles. The molecular weight excluding hydrogens is 290 g/mol. The van der Waals surface area contributed by atoms with Crippen LogP contribution in [0, 0.1) is 6.92 Å². The van der Waals surface area contributed by atoms with Gasteiger partial charge in [-0.1, -0.05) is 6.07 Å². The largest absolute Gasteiger partial charge is 0.385 e. The third kappa shape index (κ3) is 3.65. The standard InChI is InChI=1S/C17H21N5O/c1-13-20-15-7-10-22(12-14-6-3-4-8-18-14)16(15)17(21-13)19-9-5-11-23-2/h3-4,6-8,10H,5,9,11-12H2,1-2H3,(H,19,20,21). The molecule has 0 aliphatic heterocycles. The summed E-state index contributed by atoms with van der Waals surface area (Å²) in [6.07, 6.45) is 4.78. The zero-order valence-electron chi connectivity index (χ0n) is 13.5. The van der Waals surface area contributed by atoms with E-state index in [0.29, 0.717) is 6.54 Å². The Balaban J connectivity index is 1.89. The van der Waals surface area contributed by atoms with Crippen LogP contribution in [0.1, 0.15) is 17.9 Å². The second-order valence-corrected chi connectivity index (χ2v) is 5.39. The Morgan fingerprint density at radius 1 is 1.22 bits per heavy atom. The van der Waals surface area contributed by atoms with Crippen molar-refractivity contribution in [2.75, 3.05) is 25.6 Å². The minimum absolute atomic E-state index is 0.698. The van der Waals surface area contributed by atoms with Crippen LogP contribution in [0.2, 0.25) is 0 Å². The summed E-state index contributed by atoms with van der Waals surface area (Å²) in [4.78, 5) is 13.5. The topological polar surface area (TPSA) is 64.9 Å². The van der Waals surface area contributed by atoms with Crippen molar-refractivity contribution in [2.45, 2.75) is 19.9 Å². The zero-order chi connectivity index (χ0) is 16.1. The highest BCUT2D eigenvalue weighted by Crippen LogP contribution is 2.22. The van der Waals surface area contributed by atoms with Crippen LogP contribution in [0.15, 0.2) is 36.7 Å². The summed E-state index contributed by atoms with van der Waals surface area (Å²) in [5, 5.41) is 3.40. The molecule has 0 bridgehead atoms. The van der Waals surface area contributed by atoms with Crippen LogP contribution in [0.5, 0.6) is 0 Å². The summed E-state index contributed by atoms with van der Waals surface area (Å²) in [6, 6.07) is 7.96. The molecule has 120 valence electrons. The van der Waals surface area contributed by atoms with Gasteiger partial charge in [-0.3, -0.25) is 4.98 Å². The van der Waals surface area contributed by atoms with Crippen LogP contribution >= 0.6 is 0 Å². The lowest BCUT2D eigenvalue weighted by Crippen LogP contribution is -2.10. The van der Waals surface area contributed by atoms with Gasteiger partial charge in [0.25, 0.3) is 0 Å². The monoisotopic (exact) mass is 311 g/mol. The number of anilines is 1. The van der Waals surface area contributed by atoms with Gasteiger partial charge in [0.1, 0.15) is 11.3 Å². The van der Waals surface area contributed by atoms with Gasteiger partial charge >= 0.3 is 0 Å². The number of aromatic nitrogens is 4. The van der Waals surface area contributed by atoms with Gasteiger partial charge in [-0.15, -0.1) is 0 Å². The number of hydrogen-bond acceptors (Lipinski definition) is 5. The molecule has 3 aromatic heterocycles. The fourth-order valence-corrected chi connectivity index (χ4v) is 2.57. The predicted octanol–water partition coefficient (Wildman–Crippen LogP) is 2.63. The predicted molar refractivity (Wildman–Crippen MR) is 90.6 cm³/mol. The van der Waals surface area contributed by atoms with Crippen molar-refractivity contribution in [3.63, 3.8) is 0 Å². The third-order valence-corrected chi connectivity index (χ3v) is 3.60. The fourth-order valence-electron chi connectivity index (χ4n) is 2.57. The number of nitrogens with zero attached hydrogens (tertiary/aromatic N) is 4. The number of aryl methyl sites for hydroxylation is 1. The lowest BCUT2D eigenvalue weighted by atomic mass is 10.3. The fraction of sp³-hybridized carbons (Fsp3) is 0.353. The Morgan fingerprint density at radius 3 is 2.91 bits per heavy atom. The summed E-state index contributed by atoms with van der Waals surface area (Å²) >= 11 is 0. The maximum Gasteiger partial charge on any atom is 0.154 e. The van der Waals surface area contributed by atoms with E-state index in [-0.39, 0.29) is 0 Å². The molecule has 0 radical (unpaired) electrons. The Bertz CT molecular complexity index is 769. The number of nitrogens with one attached hydrogen (secondary N) is 1. The molecule has 23 heavy (non-hydrogen) atoms. The normalized spacial score (nSPS) is 11.0. The zero-order valence-corrected chi connectivity index (χ0v) is 13.5. The minimum Gasteiger partial charge on any atom is -0.385 e. The van der Waals surface area contributed by atoms with Crippen molar-refractivity contribution in [1.29, 1.82) is 0 Å². The summed E-state index contributed by atoms with van der Waals surface area (Å²) in [7, 11) is 1.71. The second-order valence-electron chi connectivity index (χ2n) is 5.39. The number of fused-ring (bicyclic) bond motifs is 1. The summed E-state index contributed by atoms with van der Waals surface area (Å²) in [5.74, 6) is 1.63. The number of hydrogen-bond donors (Lipinski definition) is 1. The molecule has 0 saturated heterocycles. The molecule has 0 unspecified atom stereocenters. The van der Waals surface area contributed by atoms with Crippen molar-refractivity contribution in [2.24, 2.45) is 0 Å². The van der Waals surface area contributed by atoms with Crippen molar-refractivity contribution in [3.05, 3.63) is 48.2 Å². The molecular formula is C17H21N5O. The van der Waals surface area contributed by atoms with E-state index < -0.39 is 0 Å². The number of methoxy groups -OCH3 is 1. The van der Waals surface area contributed by atoms with Gasteiger partial charge in [0.2, 0.25) is 0 Å². The lowest BCUT2D eigenvalue weighted by molar-refractivity contribution is 0.198. The maximum absolute atomic E-state index is 5.09. The molecule has 0 aliphatic carbocycles. The van der Waals surface area contributed by atoms with E-state index in [9.17, 15) is 0 Å². The highest BCUT2D eigenvalue weighted by atomic mass is 16.5. The Hall–Kier alpha value is -2.47. The van der Waals surface area contributed by atoms with Gasteiger partial charge < -0.3 is 14.6 Å². The first-order valence-corrected chi connectivity index (χ1v) is 7.74. The highest BCUT2D eigenvalue weighted by Gasteiger charge is 2.11. The van der Waals surface area contributed by atoms with E-state index in [1.807, 2.05) is 43.6 Å². The number of pyridine rings is 1. The van der Waals surface area contributed by atoms with Gasteiger partial charge in [0.05, 0.1) is 17.8 Å². The van der Waals surface area contributed by atoms with E-state index in [1.54, 1.807) is 7.11 Å². The molecule has 6 nitrogen and oxygen atoms in total. The van der Waals surface area contributed by atoms with Gasteiger partial charge in [-0.2, -0.15) is 0 Å². The average molecular weight is 311 g/mol. The molecule has 0 spiro atoms. The number of rotatable bonds is 7. The molecule has 0 aliphatic rings. The molecule has 6 heteroatoms. The first-order valence-electron chi connectivity index (χ1n) is 7.74.